The zero-order chi connectivity index (χ0) is 31.4. The Kier molecular flexibility index (Phi) is 9.66. The van der Waals surface area contributed by atoms with Gasteiger partial charge in [-0.1, -0.05) is 36.4 Å². The van der Waals surface area contributed by atoms with Crippen LogP contribution in [-0.2, 0) is 13.0 Å². The molecule has 0 aromatic heterocycles. The van der Waals surface area contributed by atoms with Crippen molar-refractivity contribution in [2.24, 2.45) is 5.41 Å². The van der Waals surface area contributed by atoms with Crippen LogP contribution in [0.15, 0.2) is 60.7 Å². The Hall–Kier alpha value is -3.17. The van der Waals surface area contributed by atoms with E-state index in [0.717, 1.165) is 74.1 Å². The fourth-order valence-electron chi connectivity index (χ4n) is 7.68. The number of benzene rings is 3. The van der Waals surface area contributed by atoms with E-state index < -0.39 is 30.4 Å². The van der Waals surface area contributed by atoms with Gasteiger partial charge < -0.3 is 15.0 Å². The van der Waals surface area contributed by atoms with Gasteiger partial charge in [0.1, 0.15) is 24.0 Å². The zero-order valence-corrected chi connectivity index (χ0v) is 25.6. The van der Waals surface area contributed by atoms with Crippen molar-refractivity contribution in [2.45, 2.75) is 70.2 Å². The molecule has 4 nitrogen and oxygen atoms in total. The molecule has 1 unspecified atom stereocenters. The summed E-state index contributed by atoms with van der Waals surface area (Å²) in [5, 5.41) is 3.47. The molecule has 3 aromatic carbocycles. The van der Waals surface area contributed by atoms with Gasteiger partial charge >= 0.3 is 6.18 Å². The summed E-state index contributed by atoms with van der Waals surface area (Å²) >= 11 is 0. The Morgan fingerprint density at radius 3 is 2.24 bits per heavy atom. The molecule has 3 aromatic rings. The summed E-state index contributed by atoms with van der Waals surface area (Å²) in [7, 11) is 0. The van der Waals surface area contributed by atoms with Crippen molar-refractivity contribution in [3.63, 3.8) is 0 Å². The molecule has 0 saturated carbocycles. The summed E-state index contributed by atoms with van der Waals surface area (Å²) in [4.78, 5) is 3.20. The molecular weight excluding hydrogens is 585 g/mol. The number of hydrogen-bond acceptors (Lipinski definition) is 4. The van der Waals surface area contributed by atoms with Gasteiger partial charge in [0.15, 0.2) is 0 Å². The molecule has 2 fully saturated rings. The number of halogens is 5. The van der Waals surface area contributed by atoms with E-state index in [1.165, 1.54) is 12.1 Å². The van der Waals surface area contributed by atoms with Gasteiger partial charge in [0, 0.05) is 30.9 Å². The van der Waals surface area contributed by atoms with Crippen LogP contribution in [-0.4, -0.2) is 50.3 Å². The van der Waals surface area contributed by atoms with Crippen LogP contribution in [0.3, 0.4) is 0 Å². The molecular formula is C36H42F5N3O. The predicted octanol–water partition coefficient (Wildman–Crippen LogP) is 8.19. The molecule has 3 aliphatic heterocycles. The number of nitrogens with zero attached hydrogens (tertiary/aromatic N) is 2. The first kappa shape index (κ1) is 31.8. The van der Waals surface area contributed by atoms with Gasteiger partial charge in [-0.05, 0) is 111 Å². The Morgan fingerprint density at radius 2 is 1.53 bits per heavy atom. The largest absolute Gasteiger partial charge is 0.489 e. The molecule has 1 spiro atoms. The zero-order valence-electron chi connectivity index (χ0n) is 25.6. The normalized spacial score (nSPS) is 21.1. The van der Waals surface area contributed by atoms with Crippen molar-refractivity contribution in [1.82, 2.24) is 10.2 Å². The third-order valence-corrected chi connectivity index (χ3v) is 9.94. The lowest BCUT2D eigenvalue weighted by Gasteiger charge is -2.38. The Balaban J connectivity index is 1.26. The lowest BCUT2D eigenvalue weighted by molar-refractivity contribution is -0.150. The summed E-state index contributed by atoms with van der Waals surface area (Å²) in [5.74, 6) is -1.05. The maximum Gasteiger partial charge on any atom is 0.401 e. The van der Waals surface area contributed by atoms with E-state index in [1.807, 2.05) is 30.3 Å². The topological polar surface area (TPSA) is 27.7 Å². The number of anilines is 1. The second-order valence-electron chi connectivity index (χ2n) is 13.0. The number of ether oxygens (including phenoxy) is 1. The van der Waals surface area contributed by atoms with E-state index in [4.69, 9.17) is 4.74 Å². The fourth-order valence-corrected chi connectivity index (χ4v) is 7.68. The first-order valence-electron chi connectivity index (χ1n) is 16.2. The van der Waals surface area contributed by atoms with Crippen LogP contribution in [0.25, 0.3) is 0 Å². The molecule has 9 heteroatoms. The lowest BCUT2D eigenvalue weighted by atomic mass is 9.73. The standard InChI is InChI=1S/C36H42F5N3O/c37-31-22-28(43-18-6-14-35(15-20-43)12-4-16-42-17-5-13-35)23-32(38)33(31)34-30-10-9-29(45-24-26-7-2-1-3-8-26)21-27(30)11-19-44(34)25-36(39,40)41/h1-3,7-10,21-23,34,42H,4-6,11-20,24-25H2. The van der Waals surface area contributed by atoms with Gasteiger partial charge in [0.05, 0.1) is 12.6 Å². The van der Waals surface area contributed by atoms with Crippen molar-refractivity contribution >= 4 is 5.69 Å². The van der Waals surface area contributed by atoms with Crippen molar-refractivity contribution in [1.29, 1.82) is 0 Å². The number of nitrogens with one attached hydrogen (secondary N) is 1. The lowest BCUT2D eigenvalue weighted by Crippen LogP contribution is -2.42. The minimum Gasteiger partial charge on any atom is -0.489 e. The van der Waals surface area contributed by atoms with Gasteiger partial charge in [0.25, 0.3) is 0 Å². The second kappa shape index (κ2) is 13.7. The Morgan fingerprint density at radius 1 is 0.822 bits per heavy atom. The van der Waals surface area contributed by atoms with Gasteiger partial charge in [-0.2, -0.15) is 13.2 Å². The van der Waals surface area contributed by atoms with Gasteiger partial charge in [-0.25, -0.2) is 8.78 Å². The first-order chi connectivity index (χ1) is 21.7. The highest BCUT2D eigenvalue weighted by Gasteiger charge is 2.40. The predicted molar refractivity (Wildman–Crippen MR) is 167 cm³/mol. The van der Waals surface area contributed by atoms with E-state index in [2.05, 4.69) is 10.2 Å². The van der Waals surface area contributed by atoms with E-state index >= 15 is 8.78 Å². The van der Waals surface area contributed by atoms with Crippen molar-refractivity contribution in [3.05, 3.63) is 94.6 Å². The van der Waals surface area contributed by atoms with Crippen LogP contribution < -0.4 is 15.0 Å². The SMILES string of the molecule is Fc1cc(N2CCCC3(CCCNCCC3)CC2)cc(F)c1C1c2ccc(OCc3ccccc3)cc2CCN1CC(F)(F)F. The minimum absolute atomic E-state index is 0.0175. The molecule has 6 rings (SSSR count). The molecule has 45 heavy (non-hydrogen) atoms. The minimum atomic E-state index is -4.52. The summed E-state index contributed by atoms with van der Waals surface area (Å²) in [6.07, 6.45) is 3.41. The number of fused-ring (bicyclic) bond motifs is 1. The van der Waals surface area contributed by atoms with Crippen molar-refractivity contribution < 1.29 is 26.7 Å². The van der Waals surface area contributed by atoms with Crippen molar-refractivity contribution in [2.75, 3.05) is 44.2 Å². The van der Waals surface area contributed by atoms with Gasteiger partial charge in [-0.15, -0.1) is 0 Å². The summed E-state index contributed by atoms with van der Waals surface area (Å²) in [5.41, 5.74) is 2.58. The highest BCUT2D eigenvalue weighted by atomic mass is 19.4. The molecule has 0 aliphatic carbocycles. The Bertz CT molecular complexity index is 1420. The maximum atomic E-state index is 16.1. The van der Waals surface area contributed by atoms with Gasteiger partial charge in [0.2, 0.25) is 0 Å². The molecule has 0 radical (unpaired) electrons. The monoisotopic (exact) mass is 627 g/mol. The smallest absolute Gasteiger partial charge is 0.401 e. The van der Waals surface area contributed by atoms with E-state index in [-0.39, 0.29) is 17.5 Å². The summed E-state index contributed by atoms with van der Waals surface area (Å²) in [6.45, 7) is 2.57. The molecule has 0 amide bonds. The summed E-state index contributed by atoms with van der Waals surface area (Å²) < 4.78 is 79.3. The number of alkyl halides is 3. The molecule has 0 bridgehead atoms. The van der Waals surface area contributed by atoms with Crippen LogP contribution in [0.1, 0.15) is 73.2 Å². The fraction of sp³-hybridized carbons (Fsp3) is 0.500. The van der Waals surface area contributed by atoms with Crippen LogP contribution in [0.5, 0.6) is 5.75 Å². The average Bonchev–Trinajstić information content (AvgIpc) is 3.21. The number of rotatable bonds is 6. The second-order valence-corrected chi connectivity index (χ2v) is 13.0. The Labute approximate surface area is 262 Å². The van der Waals surface area contributed by atoms with E-state index in [0.29, 0.717) is 43.1 Å². The molecule has 2 saturated heterocycles. The van der Waals surface area contributed by atoms with Crippen LogP contribution in [0.2, 0.25) is 0 Å². The van der Waals surface area contributed by atoms with Crippen molar-refractivity contribution in [3.8, 4) is 5.75 Å². The van der Waals surface area contributed by atoms with Crippen LogP contribution >= 0.6 is 0 Å². The molecule has 3 heterocycles. The highest BCUT2D eigenvalue weighted by Crippen LogP contribution is 2.44. The van der Waals surface area contributed by atoms with Crippen LogP contribution in [0.4, 0.5) is 27.6 Å². The van der Waals surface area contributed by atoms with E-state index in [9.17, 15) is 13.2 Å². The number of hydrogen-bond donors (Lipinski definition) is 1. The third kappa shape index (κ3) is 7.63. The summed E-state index contributed by atoms with van der Waals surface area (Å²) in [6, 6.07) is 16.2. The third-order valence-electron chi connectivity index (χ3n) is 9.94. The maximum absolute atomic E-state index is 16.1. The highest BCUT2D eigenvalue weighted by molar-refractivity contribution is 5.52. The van der Waals surface area contributed by atoms with E-state index in [1.54, 1.807) is 18.2 Å². The first-order valence-corrected chi connectivity index (χ1v) is 16.2. The quantitative estimate of drug-likeness (QED) is 0.279. The molecule has 242 valence electrons. The molecule has 1 N–H and O–H groups in total. The molecule has 3 aliphatic rings. The average molecular weight is 628 g/mol. The van der Waals surface area contributed by atoms with Crippen LogP contribution in [0, 0.1) is 17.0 Å². The molecule has 1 atom stereocenters. The van der Waals surface area contributed by atoms with Gasteiger partial charge in [-0.3, -0.25) is 4.90 Å².